The number of rotatable bonds is 4. The predicted molar refractivity (Wildman–Crippen MR) is 88.2 cm³/mol. The van der Waals surface area contributed by atoms with Gasteiger partial charge in [0.05, 0.1) is 30.1 Å². The van der Waals surface area contributed by atoms with Crippen LogP contribution in [0.2, 0.25) is 5.02 Å². The molecule has 0 fully saturated rings. The molecule has 2 heterocycles. The highest BCUT2D eigenvalue weighted by Gasteiger charge is 2.06. The number of nitrogens with one attached hydrogen (secondary N) is 1. The zero-order valence-electron chi connectivity index (χ0n) is 11.3. The Morgan fingerprint density at radius 1 is 1.29 bits per heavy atom. The average Bonchev–Trinajstić information content (AvgIpc) is 2.87. The minimum Gasteiger partial charge on any atom is -0.495 e. The molecule has 0 amide bonds. The first kappa shape index (κ1) is 14.2. The standard InChI is InChI=1S/C15H13BrClN3O/c1-21-14-4-2-10(16)6-13(14)18-7-12-9-20-8-11(17)3-5-15(20)19-12/h2-6,8-9,18H,7H2,1H3. The van der Waals surface area contributed by atoms with Crippen LogP contribution in [0.5, 0.6) is 5.75 Å². The summed E-state index contributed by atoms with van der Waals surface area (Å²) < 4.78 is 8.24. The molecule has 0 saturated carbocycles. The van der Waals surface area contributed by atoms with Gasteiger partial charge >= 0.3 is 0 Å². The Bertz CT molecular complexity index is 788. The largest absolute Gasteiger partial charge is 0.495 e. The minimum absolute atomic E-state index is 0.603. The average molecular weight is 367 g/mol. The minimum atomic E-state index is 0.603. The number of halogens is 2. The molecule has 0 aliphatic rings. The summed E-state index contributed by atoms with van der Waals surface area (Å²) in [7, 11) is 1.65. The lowest BCUT2D eigenvalue weighted by molar-refractivity contribution is 0.416. The third kappa shape index (κ3) is 3.14. The number of benzene rings is 1. The summed E-state index contributed by atoms with van der Waals surface area (Å²) in [4.78, 5) is 4.54. The Labute approximate surface area is 135 Å². The van der Waals surface area contributed by atoms with E-state index < -0.39 is 0 Å². The van der Waals surface area contributed by atoms with Gasteiger partial charge in [-0.2, -0.15) is 0 Å². The molecule has 0 radical (unpaired) electrons. The molecule has 0 unspecified atom stereocenters. The molecule has 1 N–H and O–H groups in total. The van der Waals surface area contributed by atoms with E-state index >= 15 is 0 Å². The molecule has 0 spiro atoms. The van der Waals surface area contributed by atoms with Gasteiger partial charge in [0.1, 0.15) is 11.4 Å². The fourth-order valence-corrected chi connectivity index (χ4v) is 2.64. The van der Waals surface area contributed by atoms with Crippen LogP contribution in [-0.2, 0) is 6.54 Å². The van der Waals surface area contributed by atoms with E-state index in [2.05, 4.69) is 26.2 Å². The molecular formula is C15H13BrClN3O. The normalized spacial score (nSPS) is 10.8. The van der Waals surface area contributed by atoms with Crippen molar-refractivity contribution in [3.05, 3.63) is 57.9 Å². The molecule has 0 aliphatic heterocycles. The molecule has 4 nitrogen and oxygen atoms in total. The monoisotopic (exact) mass is 365 g/mol. The van der Waals surface area contributed by atoms with Crippen molar-refractivity contribution in [2.45, 2.75) is 6.54 Å². The van der Waals surface area contributed by atoms with Gasteiger partial charge in [-0.25, -0.2) is 4.98 Å². The molecule has 0 atom stereocenters. The van der Waals surface area contributed by atoms with Crippen LogP contribution in [0.1, 0.15) is 5.69 Å². The predicted octanol–water partition coefficient (Wildman–Crippen LogP) is 4.37. The van der Waals surface area contributed by atoms with Crippen molar-refractivity contribution >= 4 is 38.9 Å². The zero-order valence-corrected chi connectivity index (χ0v) is 13.6. The fraction of sp³-hybridized carbons (Fsp3) is 0.133. The number of nitrogens with zero attached hydrogens (tertiary/aromatic N) is 2. The van der Waals surface area contributed by atoms with Crippen LogP contribution in [0.3, 0.4) is 0 Å². The van der Waals surface area contributed by atoms with Gasteiger partial charge in [-0.15, -0.1) is 0 Å². The van der Waals surface area contributed by atoms with Crippen molar-refractivity contribution < 1.29 is 4.74 Å². The third-order valence-corrected chi connectivity index (χ3v) is 3.80. The maximum absolute atomic E-state index is 5.97. The van der Waals surface area contributed by atoms with Crippen LogP contribution in [0.25, 0.3) is 5.65 Å². The number of aromatic nitrogens is 2. The van der Waals surface area contributed by atoms with Crippen LogP contribution in [0.15, 0.2) is 47.2 Å². The lowest BCUT2D eigenvalue weighted by Crippen LogP contribution is -2.01. The zero-order chi connectivity index (χ0) is 14.8. The van der Waals surface area contributed by atoms with E-state index in [0.29, 0.717) is 11.6 Å². The van der Waals surface area contributed by atoms with Crippen molar-refractivity contribution in [2.75, 3.05) is 12.4 Å². The van der Waals surface area contributed by atoms with Crippen molar-refractivity contribution in [3.63, 3.8) is 0 Å². The summed E-state index contributed by atoms with van der Waals surface area (Å²) >= 11 is 9.43. The number of fused-ring (bicyclic) bond motifs is 1. The van der Waals surface area contributed by atoms with Gasteiger partial charge in [-0.1, -0.05) is 27.5 Å². The van der Waals surface area contributed by atoms with Crippen LogP contribution in [0.4, 0.5) is 5.69 Å². The first-order valence-corrected chi connectivity index (χ1v) is 7.53. The Morgan fingerprint density at radius 3 is 2.95 bits per heavy atom. The summed E-state index contributed by atoms with van der Waals surface area (Å²) in [5.74, 6) is 0.796. The summed E-state index contributed by atoms with van der Waals surface area (Å²) in [6, 6.07) is 9.56. The van der Waals surface area contributed by atoms with E-state index in [4.69, 9.17) is 16.3 Å². The van der Waals surface area contributed by atoms with E-state index in [1.807, 2.05) is 47.1 Å². The highest BCUT2D eigenvalue weighted by molar-refractivity contribution is 9.10. The van der Waals surface area contributed by atoms with Crippen LogP contribution >= 0.6 is 27.5 Å². The maximum atomic E-state index is 5.97. The lowest BCUT2D eigenvalue weighted by atomic mass is 10.3. The molecule has 0 saturated heterocycles. The lowest BCUT2D eigenvalue weighted by Gasteiger charge is -2.10. The smallest absolute Gasteiger partial charge is 0.142 e. The Hall–Kier alpha value is -1.72. The number of hydrogen-bond donors (Lipinski definition) is 1. The topological polar surface area (TPSA) is 38.6 Å². The quantitative estimate of drug-likeness (QED) is 0.745. The van der Waals surface area contributed by atoms with Gasteiger partial charge in [0, 0.05) is 16.9 Å². The van der Waals surface area contributed by atoms with E-state index in [1.165, 1.54) is 0 Å². The molecule has 108 valence electrons. The molecule has 0 aliphatic carbocycles. The van der Waals surface area contributed by atoms with Crippen molar-refractivity contribution in [1.29, 1.82) is 0 Å². The van der Waals surface area contributed by atoms with E-state index in [9.17, 15) is 0 Å². The molecule has 0 bridgehead atoms. The Kier molecular flexibility index (Phi) is 4.03. The van der Waals surface area contributed by atoms with Crippen LogP contribution < -0.4 is 10.1 Å². The van der Waals surface area contributed by atoms with Crippen molar-refractivity contribution in [2.24, 2.45) is 0 Å². The number of anilines is 1. The van der Waals surface area contributed by atoms with Gasteiger partial charge in [-0.05, 0) is 30.3 Å². The summed E-state index contributed by atoms with van der Waals surface area (Å²) in [6.07, 6.45) is 3.80. The molecule has 1 aromatic carbocycles. The number of imidazole rings is 1. The van der Waals surface area contributed by atoms with Gasteiger partial charge in [0.15, 0.2) is 0 Å². The first-order chi connectivity index (χ1) is 10.2. The van der Waals surface area contributed by atoms with Gasteiger partial charge in [-0.3, -0.25) is 0 Å². The second-order valence-electron chi connectivity index (χ2n) is 4.54. The first-order valence-electron chi connectivity index (χ1n) is 6.36. The second-order valence-corrected chi connectivity index (χ2v) is 5.90. The van der Waals surface area contributed by atoms with Crippen molar-refractivity contribution in [1.82, 2.24) is 9.38 Å². The molecule has 21 heavy (non-hydrogen) atoms. The SMILES string of the molecule is COc1ccc(Br)cc1NCc1cn2cc(Cl)ccc2n1. The summed E-state index contributed by atoms with van der Waals surface area (Å²) in [5.41, 5.74) is 2.72. The van der Waals surface area contributed by atoms with Crippen molar-refractivity contribution in [3.8, 4) is 5.75 Å². The molecule has 2 aromatic heterocycles. The van der Waals surface area contributed by atoms with E-state index in [-0.39, 0.29) is 0 Å². The number of methoxy groups -OCH3 is 1. The number of ether oxygens (including phenoxy) is 1. The summed E-state index contributed by atoms with van der Waals surface area (Å²) in [5, 5.41) is 4.02. The molecular weight excluding hydrogens is 354 g/mol. The summed E-state index contributed by atoms with van der Waals surface area (Å²) in [6.45, 7) is 0.603. The molecule has 3 aromatic rings. The van der Waals surface area contributed by atoms with Gasteiger partial charge in [0.25, 0.3) is 0 Å². The van der Waals surface area contributed by atoms with Gasteiger partial charge < -0.3 is 14.5 Å². The van der Waals surface area contributed by atoms with E-state index in [1.54, 1.807) is 7.11 Å². The highest BCUT2D eigenvalue weighted by Crippen LogP contribution is 2.28. The molecule has 3 rings (SSSR count). The van der Waals surface area contributed by atoms with Crippen LogP contribution in [0, 0.1) is 0 Å². The van der Waals surface area contributed by atoms with Crippen LogP contribution in [-0.4, -0.2) is 16.5 Å². The Balaban J connectivity index is 1.81. The maximum Gasteiger partial charge on any atom is 0.142 e. The van der Waals surface area contributed by atoms with Gasteiger partial charge in [0.2, 0.25) is 0 Å². The highest BCUT2D eigenvalue weighted by atomic mass is 79.9. The molecule has 6 heteroatoms. The second kappa shape index (κ2) is 5.95. The van der Waals surface area contributed by atoms with E-state index in [0.717, 1.165) is 27.3 Å². The number of hydrogen-bond acceptors (Lipinski definition) is 3. The fourth-order valence-electron chi connectivity index (χ4n) is 2.11. The Morgan fingerprint density at radius 2 is 2.14 bits per heavy atom. The number of pyridine rings is 1. The third-order valence-electron chi connectivity index (χ3n) is 3.09.